The van der Waals surface area contributed by atoms with Gasteiger partial charge in [0.05, 0.1) is 19.6 Å². The number of carbonyl (C=O) groups is 1. The van der Waals surface area contributed by atoms with Gasteiger partial charge in [0.25, 0.3) is 0 Å². The van der Waals surface area contributed by atoms with E-state index in [9.17, 15) is 4.79 Å². The van der Waals surface area contributed by atoms with Crippen molar-refractivity contribution in [2.45, 2.75) is 19.9 Å². The fourth-order valence-corrected chi connectivity index (χ4v) is 1.61. The summed E-state index contributed by atoms with van der Waals surface area (Å²) in [5, 5.41) is 8.95. The minimum atomic E-state index is -0.920. The number of aliphatic carboxylic acids is 1. The van der Waals surface area contributed by atoms with Crippen molar-refractivity contribution < 1.29 is 19.4 Å². The van der Waals surface area contributed by atoms with E-state index < -0.39 is 17.9 Å². The van der Waals surface area contributed by atoms with Crippen LogP contribution in [0.25, 0.3) is 0 Å². The lowest BCUT2D eigenvalue weighted by Crippen LogP contribution is -2.25. The van der Waals surface area contributed by atoms with E-state index >= 15 is 0 Å². The maximum atomic E-state index is 10.9. The number of benzene rings is 1. The molecule has 0 saturated heterocycles. The molecule has 0 aliphatic rings. The summed E-state index contributed by atoms with van der Waals surface area (Å²) in [5.74, 6) is -0.398. The van der Waals surface area contributed by atoms with Crippen LogP contribution >= 0.6 is 0 Å². The van der Waals surface area contributed by atoms with Crippen molar-refractivity contribution in [2.75, 3.05) is 13.7 Å². The molecule has 0 amide bonds. The van der Waals surface area contributed by atoms with E-state index in [4.69, 9.17) is 20.3 Å². The highest BCUT2D eigenvalue weighted by molar-refractivity contribution is 5.70. The molecule has 0 spiro atoms. The van der Waals surface area contributed by atoms with Gasteiger partial charge in [-0.15, -0.1) is 0 Å². The molecule has 2 unspecified atom stereocenters. The summed E-state index contributed by atoms with van der Waals surface area (Å²) in [4.78, 5) is 10.9. The highest BCUT2D eigenvalue weighted by Gasteiger charge is 2.22. The van der Waals surface area contributed by atoms with Gasteiger partial charge in [0.2, 0.25) is 0 Å². The quantitative estimate of drug-likeness (QED) is 0.808. The maximum absolute atomic E-state index is 10.9. The summed E-state index contributed by atoms with van der Waals surface area (Å²) in [5.41, 5.74) is 6.64. The molecule has 0 fully saturated rings. The van der Waals surface area contributed by atoms with Crippen molar-refractivity contribution in [1.82, 2.24) is 0 Å². The zero-order valence-corrected chi connectivity index (χ0v) is 10.8. The van der Waals surface area contributed by atoms with Crippen molar-refractivity contribution >= 4 is 5.97 Å². The molecule has 100 valence electrons. The van der Waals surface area contributed by atoms with Crippen molar-refractivity contribution in [3.63, 3.8) is 0 Å². The van der Waals surface area contributed by atoms with Gasteiger partial charge in [-0.3, -0.25) is 4.79 Å². The van der Waals surface area contributed by atoms with E-state index in [2.05, 4.69) is 0 Å². The normalized spacial score (nSPS) is 13.8. The molecule has 0 aromatic heterocycles. The largest absolute Gasteiger partial charge is 0.493 e. The van der Waals surface area contributed by atoms with Gasteiger partial charge < -0.3 is 20.3 Å². The van der Waals surface area contributed by atoms with E-state index in [0.717, 1.165) is 0 Å². The van der Waals surface area contributed by atoms with Crippen molar-refractivity contribution in [3.8, 4) is 11.5 Å². The number of methoxy groups -OCH3 is 1. The number of hydrogen-bond acceptors (Lipinski definition) is 4. The van der Waals surface area contributed by atoms with Gasteiger partial charge in [0, 0.05) is 6.04 Å². The first-order chi connectivity index (χ1) is 8.51. The first-order valence-electron chi connectivity index (χ1n) is 5.80. The summed E-state index contributed by atoms with van der Waals surface area (Å²) < 4.78 is 10.6. The molecule has 0 radical (unpaired) electrons. The Kier molecular flexibility index (Phi) is 4.97. The van der Waals surface area contributed by atoms with Crippen LogP contribution in [0.4, 0.5) is 0 Å². The Hall–Kier alpha value is -1.75. The Morgan fingerprint density at radius 3 is 2.61 bits per heavy atom. The van der Waals surface area contributed by atoms with Crippen LogP contribution in [-0.2, 0) is 4.79 Å². The average Bonchev–Trinajstić information content (AvgIpc) is 2.37. The zero-order chi connectivity index (χ0) is 13.7. The second-order valence-corrected chi connectivity index (χ2v) is 4.00. The molecule has 0 saturated carbocycles. The monoisotopic (exact) mass is 253 g/mol. The van der Waals surface area contributed by atoms with Crippen LogP contribution in [0.1, 0.15) is 25.5 Å². The highest BCUT2D eigenvalue weighted by Crippen LogP contribution is 2.31. The Balaban J connectivity index is 3.03. The van der Waals surface area contributed by atoms with E-state index in [1.54, 1.807) is 32.2 Å². The first-order valence-corrected chi connectivity index (χ1v) is 5.80. The van der Waals surface area contributed by atoms with Gasteiger partial charge in [-0.2, -0.15) is 0 Å². The Morgan fingerprint density at radius 2 is 2.11 bits per heavy atom. The van der Waals surface area contributed by atoms with E-state index in [0.29, 0.717) is 23.7 Å². The number of ether oxygens (including phenoxy) is 2. The van der Waals surface area contributed by atoms with Crippen LogP contribution in [0.5, 0.6) is 11.5 Å². The van der Waals surface area contributed by atoms with Crippen molar-refractivity contribution in [2.24, 2.45) is 11.7 Å². The molecule has 0 aliphatic carbocycles. The molecule has 2 atom stereocenters. The van der Waals surface area contributed by atoms with Gasteiger partial charge in [-0.05, 0) is 24.6 Å². The molecule has 5 nitrogen and oxygen atoms in total. The molecule has 0 heterocycles. The second kappa shape index (κ2) is 6.26. The number of nitrogens with two attached hydrogens (primary N) is 1. The van der Waals surface area contributed by atoms with Gasteiger partial charge in [-0.1, -0.05) is 13.0 Å². The number of carboxylic acids is 1. The van der Waals surface area contributed by atoms with E-state index in [1.165, 1.54) is 0 Å². The molecule has 5 heteroatoms. The summed E-state index contributed by atoms with van der Waals surface area (Å²) in [6, 6.07) is 4.64. The van der Waals surface area contributed by atoms with Crippen LogP contribution in [-0.4, -0.2) is 24.8 Å². The summed E-state index contributed by atoms with van der Waals surface area (Å²) in [7, 11) is 1.55. The number of hydrogen-bond donors (Lipinski definition) is 2. The molecule has 1 rings (SSSR count). The third-order valence-electron chi connectivity index (χ3n) is 2.80. The van der Waals surface area contributed by atoms with Crippen LogP contribution in [0.2, 0.25) is 0 Å². The maximum Gasteiger partial charge on any atom is 0.308 e. The first kappa shape index (κ1) is 14.3. The Morgan fingerprint density at radius 1 is 1.44 bits per heavy atom. The van der Waals surface area contributed by atoms with Crippen LogP contribution < -0.4 is 15.2 Å². The lowest BCUT2D eigenvalue weighted by Gasteiger charge is -2.18. The third kappa shape index (κ3) is 3.13. The van der Waals surface area contributed by atoms with Gasteiger partial charge >= 0.3 is 5.97 Å². The predicted molar refractivity (Wildman–Crippen MR) is 67.9 cm³/mol. The fraction of sp³-hybridized carbons (Fsp3) is 0.462. The molecular formula is C13H19NO4. The molecule has 1 aromatic carbocycles. The lowest BCUT2D eigenvalue weighted by molar-refractivity contribution is -0.141. The smallest absolute Gasteiger partial charge is 0.308 e. The fourth-order valence-electron chi connectivity index (χ4n) is 1.61. The predicted octanol–water partition coefficient (Wildman–Crippen LogP) is 1.81. The topological polar surface area (TPSA) is 81.8 Å². The lowest BCUT2D eigenvalue weighted by atomic mass is 9.95. The van der Waals surface area contributed by atoms with Gasteiger partial charge in [0.1, 0.15) is 0 Å². The standard InChI is InChI=1S/C13H19NO4/c1-4-18-11-7-9(5-6-10(11)17-3)12(14)8(2)13(15)16/h5-8,12H,4,14H2,1-3H3,(H,15,16). The summed E-state index contributed by atoms with van der Waals surface area (Å²) in [6.07, 6.45) is 0. The molecule has 3 N–H and O–H groups in total. The third-order valence-corrected chi connectivity index (χ3v) is 2.80. The van der Waals surface area contributed by atoms with E-state index in [1.807, 2.05) is 6.92 Å². The molecule has 0 bridgehead atoms. The van der Waals surface area contributed by atoms with E-state index in [-0.39, 0.29) is 0 Å². The van der Waals surface area contributed by atoms with Crippen molar-refractivity contribution in [1.29, 1.82) is 0 Å². The SMILES string of the molecule is CCOc1cc(C(N)C(C)C(=O)O)ccc1OC. The minimum Gasteiger partial charge on any atom is -0.493 e. The van der Waals surface area contributed by atoms with Crippen LogP contribution in [0.3, 0.4) is 0 Å². The molecule has 1 aromatic rings. The van der Waals surface area contributed by atoms with Crippen LogP contribution in [0.15, 0.2) is 18.2 Å². The molecule has 0 aliphatic heterocycles. The van der Waals surface area contributed by atoms with Crippen molar-refractivity contribution in [3.05, 3.63) is 23.8 Å². The van der Waals surface area contributed by atoms with Gasteiger partial charge in [-0.25, -0.2) is 0 Å². The number of carboxylic acid groups (broad SMARTS) is 1. The zero-order valence-electron chi connectivity index (χ0n) is 10.8. The minimum absolute atomic E-state index is 0.504. The highest BCUT2D eigenvalue weighted by atomic mass is 16.5. The number of rotatable bonds is 6. The second-order valence-electron chi connectivity index (χ2n) is 4.00. The van der Waals surface area contributed by atoms with Crippen LogP contribution in [0, 0.1) is 5.92 Å². The summed E-state index contributed by atoms with van der Waals surface area (Å²) >= 11 is 0. The molecular weight excluding hydrogens is 234 g/mol. The molecule has 18 heavy (non-hydrogen) atoms. The van der Waals surface area contributed by atoms with Gasteiger partial charge in [0.15, 0.2) is 11.5 Å². The Bertz CT molecular complexity index is 419. The summed E-state index contributed by atoms with van der Waals surface area (Å²) in [6.45, 7) is 3.95. The average molecular weight is 253 g/mol. The Labute approximate surface area is 107 Å².